The van der Waals surface area contributed by atoms with Crippen LogP contribution in [0.1, 0.15) is 23.0 Å². The SMILES string of the molecule is Cc1cnc(Nc2ccnn2C)cc1-c1cc2n(c1)CC(C)N(C/C(N)=C/N(C)N)C2=O. The highest BCUT2D eigenvalue weighted by atomic mass is 16.2. The van der Waals surface area contributed by atoms with Crippen molar-refractivity contribution in [3.63, 3.8) is 0 Å². The van der Waals surface area contributed by atoms with Gasteiger partial charge in [-0.25, -0.2) is 10.8 Å². The number of aromatic nitrogens is 4. The molecule has 0 fully saturated rings. The molecule has 4 heterocycles. The van der Waals surface area contributed by atoms with Crippen molar-refractivity contribution in [2.75, 3.05) is 18.9 Å². The second-order valence-electron chi connectivity index (χ2n) is 8.27. The number of rotatable bonds is 6. The number of hydrazine groups is 1. The van der Waals surface area contributed by atoms with Gasteiger partial charge in [-0.1, -0.05) is 0 Å². The lowest BCUT2D eigenvalue weighted by molar-refractivity contribution is 0.0635. The Morgan fingerprint density at radius 1 is 1.41 bits per heavy atom. The fourth-order valence-corrected chi connectivity index (χ4v) is 3.98. The number of nitrogens with one attached hydrogen (secondary N) is 1. The summed E-state index contributed by atoms with van der Waals surface area (Å²) in [7, 11) is 3.56. The Morgan fingerprint density at radius 2 is 2.19 bits per heavy atom. The van der Waals surface area contributed by atoms with Crippen LogP contribution in [-0.2, 0) is 13.6 Å². The van der Waals surface area contributed by atoms with Crippen LogP contribution in [0.5, 0.6) is 0 Å². The number of carbonyl (C=O) groups excluding carboxylic acids is 1. The number of pyridine rings is 1. The van der Waals surface area contributed by atoms with E-state index in [4.69, 9.17) is 11.6 Å². The van der Waals surface area contributed by atoms with Gasteiger partial charge in [0.15, 0.2) is 0 Å². The van der Waals surface area contributed by atoms with Gasteiger partial charge in [0, 0.05) is 62.6 Å². The molecule has 10 nitrogen and oxygen atoms in total. The fraction of sp³-hybridized carbons (Fsp3) is 0.318. The summed E-state index contributed by atoms with van der Waals surface area (Å²) < 4.78 is 3.76. The fourth-order valence-electron chi connectivity index (χ4n) is 3.98. The van der Waals surface area contributed by atoms with E-state index in [0.717, 1.165) is 22.5 Å². The molecule has 32 heavy (non-hydrogen) atoms. The van der Waals surface area contributed by atoms with Gasteiger partial charge in [0.25, 0.3) is 5.91 Å². The van der Waals surface area contributed by atoms with E-state index >= 15 is 0 Å². The largest absolute Gasteiger partial charge is 0.399 e. The summed E-state index contributed by atoms with van der Waals surface area (Å²) in [6.45, 7) is 5.05. The van der Waals surface area contributed by atoms with Crippen LogP contribution in [0.15, 0.2) is 48.7 Å². The van der Waals surface area contributed by atoms with E-state index in [2.05, 4.69) is 15.4 Å². The summed E-state index contributed by atoms with van der Waals surface area (Å²) >= 11 is 0. The maximum Gasteiger partial charge on any atom is 0.271 e. The Balaban J connectivity index is 1.63. The minimum atomic E-state index is -0.0500. The number of amides is 1. The Morgan fingerprint density at radius 3 is 2.88 bits per heavy atom. The third-order valence-electron chi connectivity index (χ3n) is 5.58. The van der Waals surface area contributed by atoms with Gasteiger partial charge in [-0.05, 0) is 37.1 Å². The maximum atomic E-state index is 13.2. The van der Waals surface area contributed by atoms with Crippen molar-refractivity contribution in [2.45, 2.75) is 26.4 Å². The monoisotopic (exact) mass is 435 g/mol. The third kappa shape index (κ3) is 4.17. The molecule has 1 unspecified atom stereocenters. The number of aryl methyl sites for hydroxylation is 2. The second kappa shape index (κ2) is 8.39. The third-order valence-corrected chi connectivity index (χ3v) is 5.58. The number of carbonyl (C=O) groups is 1. The van der Waals surface area contributed by atoms with Crippen LogP contribution in [0.25, 0.3) is 11.1 Å². The molecule has 0 bridgehead atoms. The van der Waals surface area contributed by atoms with Gasteiger partial charge in [-0.15, -0.1) is 0 Å². The molecule has 5 N–H and O–H groups in total. The number of hydrogen-bond donors (Lipinski definition) is 3. The minimum absolute atomic E-state index is 0.00545. The summed E-state index contributed by atoms with van der Waals surface area (Å²) in [5.41, 5.74) is 10.3. The molecule has 0 aliphatic carbocycles. The zero-order chi connectivity index (χ0) is 23.0. The van der Waals surface area contributed by atoms with E-state index in [9.17, 15) is 4.79 Å². The van der Waals surface area contributed by atoms with Crippen LogP contribution in [-0.4, -0.2) is 54.8 Å². The smallest absolute Gasteiger partial charge is 0.271 e. The van der Waals surface area contributed by atoms with Crippen molar-refractivity contribution in [1.82, 2.24) is 29.2 Å². The molecule has 0 radical (unpaired) electrons. The van der Waals surface area contributed by atoms with E-state index in [1.54, 1.807) is 29.0 Å². The van der Waals surface area contributed by atoms with E-state index in [1.807, 2.05) is 56.1 Å². The van der Waals surface area contributed by atoms with Crippen LogP contribution in [0.2, 0.25) is 0 Å². The van der Waals surface area contributed by atoms with Crippen LogP contribution >= 0.6 is 0 Å². The van der Waals surface area contributed by atoms with Crippen molar-refractivity contribution in [2.24, 2.45) is 18.6 Å². The second-order valence-corrected chi connectivity index (χ2v) is 8.27. The van der Waals surface area contributed by atoms with Gasteiger partial charge in [0.1, 0.15) is 17.3 Å². The quantitative estimate of drug-likeness (QED) is 0.398. The number of nitrogens with two attached hydrogens (primary N) is 2. The van der Waals surface area contributed by atoms with Gasteiger partial charge in [0.2, 0.25) is 0 Å². The molecule has 168 valence electrons. The summed E-state index contributed by atoms with van der Waals surface area (Å²) in [4.78, 5) is 19.5. The van der Waals surface area contributed by atoms with Gasteiger partial charge >= 0.3 is 0 Å². The highest BCUT2D eigenvalue weighted by Gasteiger charge is 2.31. The number of nitrogens with zero attached hydrogens (tertiary/aromatic N) is 6. The first-order valence-electron chi connectivity index (χ1n) is 10.4. The summed E-state index contributed by atoms with van der Waals surface area (Å²) in [5, 5.41) is 8.84. The summed E-state index contributed by atoms with van der Waals surface area (Å²) in [6.07, 6.45) is 7.21. The lowest BCUT2D eigenvalue weighted by atomic mass is 10.0. The highest BCUT2D eigenvalue weighted by Crippen LogP contribution is 2.31. The maximum absolute atomic E-state index is 13.2. The summed E-state index contributed by atoms with van der Waals surface area (Å²) in [6, 6.07) is 5.82. The number of anilines is 2. The van der Waals surface area contributed by atoms with Crippen molar-refractivity contribution >= 4 is 17.5 Å². The van der Waals surface area contributed by atoms with Gasteiger partial charge < -0.3 is 25.5 Å². The standard InChI is InChI=1S/C22H29N9O/c1-14-9-25-20(27-21-5-6-26-29(21)4)8-18(14)16-7-19-22(32)31(13-17(23)12-28(3)24)15(2)10-30(19)11-16/h5-9,11-12,15H,10,13,23-24H2,1-4H3,(H,25,27)/b17-12-. The average molecular weight is 436 g/mol. The zero-order valence-corrected chi connectivity index (χ0v) is 18.8. The first-order chi connectivity index (χ1) is 15.2. The molecule has 1 amide bonds. The Hall–Kier alpha value is -3.79. The molecule has 0 spiro atoms. The Kier molecular flexibility index (Phi) is 5.62. The molecule has 0 saturated carbocycles. The van der Waals surface area contributed by atoms with Crippen LogP contribution in [0.3, 0.4) is 0 Å². The molecular weight excluding hydrogens is 406 g/mol. The van der Waals surface area contributed by atoms with Gasteiger partial charge in [-0.3, -0.25) is 9.48 Å². The molecule has 4 rings (SSSR count). The van der Waals surface area contributed by atoms with E-state index in [1.165, 1.54) is 5.01 Å². The number of hydrogen-bond acceptors (Lipinski definition) is 7. The van der Waals surface area contributed by atoms with Crippen LogP contribution in [0, 0.1) is 6.92 Å². The first-order valence-corrected chi connectivity index (χ1v) is 10.4. The normalized spacial score (nSPS) is 16.3. The molecule has 0 saturated heterocycles. The van der Waals surface area contributed by atoms with Crippen LogP contribution < -0.4 is 16.9 Å². The summed E-state index contributed by atoms with van der Waals surface area (Å²) in [5.74, 6) is 7.15. The van der Waals surface area contributed by atoms with E-state index < -0.39 is 0 Å². The van der Waals surface area contributed by atoms with Crippen molar-refractivity contribution in [3.8, 4) is 11.1 Å². The molecule has 3 aromatic rings. The zero-order valence-electron chi connectivity index (χ0n) is 18.8. The highest BCUT2D eigenvalue weighted by molar-refractivity contribution is 5.95. The predicted octanol–water partition coefficient (Wildman–Crippen LogP) is 1.79. The lowest BCUT2D eigenvalue weighted by Crippen LogP contribution is -2.47. The van der Waals surface area contributed by atoms with Crippen molar-refractivity contribution in [1.29, 1.82) is 0 Å². The molecule has 10 heteroatoms. The van der Waals surface area contributed by atoms with Gasteiger partial charge in [-0.2, -0.15) is 5.10 Å². The molecule has 1 aliphatic rings. The molecule has 3 aromatic heterocycles. The lowest BCUT2D eigenvalue weighted by Gasteiger charge is -2.34. The van der Waals surface area contributed by atoms with E-state index in [0.29, 0.717) is 30.3 Å². The van der Waals surface area contributed by atoms with Crippen molar-refractivity contribution < 1.29 is 4.79 Å². The van der Waals surface area contributed by atoms with E-state index in [-0.39, 0.29) is 11.9 Å². The van der Waals surface area contributed by atoms with Gasteiger partial charge in [0.05, 0.1) is 12.7 Å². The average Bonchev–Trinajstić information content (AvgIpc) is 3.32. The Labute approximate surface area is 187 Å². The number of fused-ring (bicyclic) bond motifs is 1. The van der Waals surface area contributed by atoms with Crippen LogP contribution in [0.4, 0.5) is 11.6 Å². The first kappa shape index (κ1) is 21.4. The topological polar surface area (TPSA) is 123 Å². The molecule has 1 atom stereocenters. The predicted molar refractivity (Wildman–Crippen MR) is 124 cm³/mol. The molecule has 1 aliphatic heterocycles. The molecular formula is C22H29N9O. The molecule has 0 aromatic carbocycles. The van der Waals surface area contributed by atoms with Crippen molar-refractivity contribution in [3.05, 3.63) is 59.9 Å². The Bertz CT molecular complexity index is 1170. The minimum Gasteiger partial charge on any atom is -0.399 e.